The Morgan fingerprint density at radius 2 is 1.76 bits per heavy atom. The largest absolute Gasteiger partial charge is 0.403 e. The first-order valence-electron chi connectivity index (χ1n) is 9.53. The van der Waals surface area contributed by atoms with Crippen molar-refractivity contribution in [1.82, 2.24) is 20.1 Å². The van der Waals surface area contributed by atoms with Gasteiger partial charge in [-0.3, -0.25) is 4.98 Å². The first-order valence-corrected chi connectivity index (χ1v) is 9.53. The number of fused-ring (bicyclic) bond motifs is 3. The normalized spacial score (nSPS) is 25.3. The molecule has 9 heteroatoms. The zero-order valence-electron chi connectivity index (χ0n) is 15.6. The summed E-state index contributed by atoms with van der Waals surface area (Å²) in [6.45, 7) is 1.49. The summed E-state index contributed by atoms with van der Waals surface area (Å²) in [5.74, 6) is -2.01. The van der Waals surface area contributed by atoms with Crippen LogP contribution in [0.5, 0.6) is 0 Å². The molecule has 0 saturated carbocycles. The van der Waals surface area contributed by atoms with E-state index in [1.807, 2.05) is 34.1 Å². The van der Waals surface area contributed by atoms with E-state index in [1.54, 1.807) is 12.4 Å². The molecule has 29 heavy (non-hydrogen) atoms. The van der Waals surface area contributed by atoms with Gasteiger partial charge in [-0.25, -0.2) is 14.5 Å². The molecule has 148 valence electrons. The second-order valence-corrected chi connectivity index (χ2v) is 7.25. The topological polar surface area (TPSA) is 97.8 Å². The average molecular weight is 393 g/mol. The number of pyridine rings is 1. The maximum Gasteiger partial charge on any atom is 0.339 e. The number of anilines is 1. The fraction of sp³-hybridized carbons (Fsp3) is 0.350. The van der Waals surface area contributed by atoms with Crippen molar-refractivity contribution < 1.29 is 19.1 Å². The molecule has 9 nitrogen and oxygen atoms in total. The van der Waals surface area contributed by atoms with E-state index in [1.165, 1.54) is 0 Å². The zero-order chi connectivity index (χ0) is 19.8. The Bertz CT molecular complexity index is 935. The molecule has 0 amide bonds. The monoisotopic (exact) mass is 393 g/mol. The summed E-state index contributed by atoms with van der Waals surface area (Å²) in [4.78, 5) is 32.3. The van der Waals surface area contributed by atoms with Crippen LogP contribution in [0.1, 0.15) is 12.8 Å². The first kappa shape index (κ1) is 17.7. The van der Waals surface area contributed by atoms with Crippen molar-refractivity contribution in [2.24, 2.45) is 0 Å². The fourth-order valence-corrected chi connectivity index (χ4v) is 4.11. The molecule has 0 unspecified atom stereocenters. The number of piperidine rings is 1. The van der Waals surface area contributed by atoms with Gasteiger partial charge in [-0.1, -0.05) is 0 Å². The number of hydrogen-bond donors (Lipinski definition) is 0. The molecule has 0 N–H and O–H groups in total. The molecule has 1 spiro atoms. The maximum atomic E-state index is 12.1. The van der Waals surface area contributed by atoms with Gasteiger partial charge in [0.2, 0.25) is 0 Å². The minimum atomic E-state index is -1.47. The third-order valence-corrected chi connectivity index (χ3v) is 5.53. The summed E-state index contributed by atoms with van der Waals surface area (Å²) in [7, 11) is 0. The molecule has 2 bridgehead atoms. The Kier molecular flexibility index (Phi) is 4.24. The van der Waals surface area contributed by atoms with E-state index >= 15 is 0 Å². The third kappa shape index (κ3) is 3.23. The number of nitrogens with zero attached hydrogens (tertiary/aromatic N) is 5. The predicted molar refractivity (Wildman–Crippen MR) is 101 cm³/mol. The van der Waals surface area contributed by atoms with Gasteiger partial charge < -0.3 is 14.4 Å². The van der Waals surface area contributed by atoms with Crippen molar-refractivity contribution in [3.05, 3.63) is 48.8 Å². The van der Waals surface area contributed by atoms with E-state index in [4.69, 9.17) is 9.47 Å². The van der Waals surface area contributed by atoms with E-state index in [0.29, 0.717) is 18.9 Å². The van der Waals surface area contributed by atoms with Crippen LogP contribution in [-0.4, -0.2) is 63.6 Å². The average Bonchev–Trinajstić information content (AvgIpc) is 3.07. The molecule has 0 aliphatic carbocycles. The van der Waals surface area contributed by atoms with Crippen LogP contribution >= 0.6 is 0 Å². The van der Waals surface area contributed by atoms with Crippen LogP contribution in [0.2, 0.25) is 0 Å². The fourth-order valence-electron chi connectivity index (χ4n) is 4.11. The van der Waals surface area contributed by atoms with Gasteiger partial charge in [-0.05, 0) is 37.1 Å². The number of carbonyl (C=O) groups is 2. The van der Waals surface area contributed by atoms with E-state index < -0.39 is 17.8 Å². The standard InChI is InChI=1S/C20H19N5O4/c26-18-5-6-19(27)29-20(28-18)13-25(15-7-10-24(20)11-8-15)17-4-3-16(22-23-17)14-2-1-9-21-12-14/h1-6,9,12,15H,7-8,10-11,13H2. The molecule has 0 atom stereocenters. The predicted octanol–water partition coefficient (Wildman–Crippen LogP) is 1.13. The van der Waals surface area contributed by atoms with Crippen molar-refractivity contribution in [1.29, 1.82) is 0 Å². The van der Waals surface area contributed by atoms with E-state index in [-0.39, 0.29) is 12.6 Å². The lowest BCUT2D eigenvalue weighted by Crippen LogP contribution is -2.58. The highest BCUT2D eigenvalue weighted by Gasteiger charge is 2.52. The van der Waals surface area contributed by atoms with Crippen LogP contribution in [0.3, 0.4) is 0 Å². The molecule has 4 aliphatic heterocycles. The molecule has 0 radical (unpaired) electrons. The molecular formula is C20H19N5O4. The number of aromatic nitrogens is 3. The van der Waals surface area contributed by atoms with E-state index in [2.05, 4.69) is 15.2 Å². The summed E-state index contributed by atoms with van der Waals surface area (Å²) < 4.78 is 11.2. The Labute approximate surface area is 166 Å². The van der Waals surface area contributed by atoms with Gasteiger partial charge in [-0.15, -0.1) is 10.2 Å². The van der Waals surface area contributed by atoms with Crippen LogP contribution in [0.4, 0.5) is 5.82 Å². The number of hydrogen-bond acceptors (Lipinski definition) is 9. The maximum absolute atomic E-state index is 12.1. The van der Waals surface area contributed by atoms with Gasteiger partial charge in [0.15, 0.2) is 5.82 Å². The van der Waals surface area contributed by atoms with Crippen molar-refractivity contribution in [2.75, 3.05) is 24.5 Å². The van der Waals surface area contributed by atoms with Gasteiger partial charge in [0.05, 0.1) is 5.69 Å². The summed E-state index contributed by atoms with van der Waals surface area (Å²) in [6, 6.07) is 7.73. The summed E-state index contributed by atoms with van der Waals surface area (Å²) in [5, 5.41) is 8.76. The van der Waals surface area contributed by atoms with E-state index in [0.717, 1.165) is 36.3 Å². The van der Waals surface area contributed by atoms with Crippen LogP contribution in [0, 0.1) is 0 Å². The quantitative estimate of drug-likeness (QED) is 0.696. The summed E-state index contributed by atoms with van der Waals surface area (Å²) in [5.41, 5.74) is 1.60. The molecular weight excluding hydrogens is 374 g/mol. The number of ether oxygens (including phenoxy) is 2. The summed E-state index contributed by atoms with van der Waals surface area (Å²) >= 11 is 0. The minimum absolute atomic E-state index is 0.178. The molecule has 2 aromatic heterocycles. The van der Waals surface area contributed by atoms with Crippen LogP contribution in [0.15, 0.2) is 48.8 Å². The van der Waals surface area contributed by atoms with Crippen LogP contribution in [-0.2, 0) is 19.1 Å². The van der Waals surface area contributed by atoms with Crippen molar-refractivity contribution in [3.8, 4) is 11.3 Å². The second kappa shape index (κ2) is 6.93. The smallest absolute Gasteiger partial charge is 0.339 e. The Morgan fingerprint density at radius 3 is 2.38 bits per heavy atom. The molecule has 4 aliphatic rings. The van der Waals surface area contributed by atoms with Gasteiger partial charge in [-0.2, -0.15) is 0 Å². The van der Waals surface area contributed by atoms with Gasteiger partial charge in [0.25, 0.3) is 0 Å². The lowest BCUT2D eigenvalue weighted by molar-refractivity contribution is -0.274. The molecule has 6 heterocycles. The zero-order valence-corrected chi connectivity index (χ0v) is 15.6. The molecule has 3 saturated heterocycles. The highest BCUT2D eigenvalue weighted by atomic mass is 16.8. The lowest BCUT2D eigenvalue weighted by atomic mass is 10.1. The lowest BCUT2D eigenvalue weighted by Gasteiger charge is -2.39. The Hall–Kier alpha value is -3.33. The van der Waals surface area contributed by atoms with E-state index in [9.17, 15) is 9.59 Å². The molecule has 0 aromatic carbocycles. The van der Waals surface area contributed by atoms with Crippen LogP contribution in [0.25, 0.3) is 11.3 Å². The third-order valence-electron chi connectivity index (χ3n) is 5.53. The highest BCUT2D eigenvalue weighted by molar-refractivity contribution is 5.93. The second-order valence-electron chi connectivity index (χ2n) is 7.25. The number of esters is 2. The van der Waals surface area contributed by atoms with Gasteiger partial charge >= 0.3 is 17.8 Å². The minimum Gasteiger partial charge on any atom is -0.403 e. The Morgan fingerprint density at radius 1 is 1.00 bits per heavy atom. The van der Waals surface area contributed by atoms with Crippen molar-refractivity contribution in [2.45, 2.75) is 24.8 Å². The highest BCUT2D eigenvalue weighted by Crippen LogP contribution is 2.36. The summed E-state index contributed by atoms with van der Waals surface area (Å²) in [6.07, 6.45) is 7.33. The number of rotatable bonds is 2. The first-order chi connectivity index (χ1) is 14.1. The van der Waals surface area contributed by atoms with Crippen LogP contribution < -0.4 is 4.90 Å². The van der Waals surface area contributed by atoms with Crippen molar-refractivity contribution in [3.63, 3.8) is 0 Å². The Balaban J connectivity index is 1.48. The molecule has 3 fully saturated rings. The van der Waals surface area contributed by atoms with Gasteiger partial charge in [0.1, 0.15) is 6.54 Å². The van der Waals surface area contributed by atoms with Crippen molar-refractivity contribution >= 4 is 17.8 Å². The SMILES string of the molecule is O=C1C=CC(=O)OC2(CN(c3ccc(-c4cccnc4)nn3)C3CCN2CC3)O1. The van der Waals surface area contributed by atoms with Gasteiger partial charge in [0, 0.05) is 49.2 Å². The molecule has 2 aromatic rings. The molecule has 6 rings (SSSR count). The number of carbonyl (C=O) groups excluding carboxylic acids is 2.